The molecule has 0 aromatic carbocycles. The number of rotatable bonds is 1. The highest BCUT2D eigenvalue weighted by Crippen LogP contribution is 2.40. The van der Waals surface area contributed by atoms with E-state index in [4.69, 9.17) is 0 Å². The second-order valence-electron chi connectivity index (χ2n) is 4.74. The van der Waals surface area contributed by atoms with E-state index in [0.717, 1.165) is 25.7 Å². The van der Waals surface area contributed by atoms with E-state index in [2.05, 4.69) is 0 Å². The minimum atomic E-state index is -2.78. The second kappa shape index (κ2) is 3.49. The number of hydrogen-bond donors (Lipinski definition) is 1. The third-order valence-electron chi connectivity index (χ3n) is 3.78. The Balaban J connectivity index is 2.01. The molecule has 0 aromatic heterocycles. The molecule has 0 atom stereocenters. The lowest BCUT2D eigenvalue weighted by molar-refractivity contribution is -0.0161. The van der Waals surface area contributed by atoms with Gasteiger partial charge in [0, 0.05) is 0 Å². The van der Waals surface area contributed by atoms with Crippen LogP contribution in [0.25, 0.3) is 0 Å². The number of aliphatic hydroxyl groups is 1. The van der Waals surface area contributed by atoms with Crippen LogP contribution in [0.1, 0.15) is 38.5 Å². The molecule has 2 fully saturated rings. The van der Waals surface area contributed by atoms with Gasteiger partial charge in [0.25, 0.3) is 0 Å². The Labute approximate surface area is 85.4 Å². The third kappa shape index (κ3) is 1.96. The summed E-state index contributed by atoms with van der Waals surface area (Å²) in [5, 5.41) is 10.3. The lowest BCUT2D eigenvalue weighted by atomic mass is 9.82. The van der Waals surface area contributed by atoms with Gasteiger partial charge in [-0.25, -0.2) is 8.42 Å². The monoisotopic (exact) mass is 218 g/mol. The van der Waals surface area contributed by atoms with Crippen molar-refractivity contribution in [3.8, 4) is 0 Å². The van der Waals surface area contributed by atoms with Crippen molar-refractivity contribution < 1.29 is 13.5 Å². The molecule has 1 aliphatic heterocycles. The molecule has 0 spiro atoms. The molecule has 2 aliphatic rings. The van der Waals surface area contributed by atoms with Crippen LogP contribution in [0.3, 0.4) is 0 Å². The molecule has 1 saturated heterocycles. The van der Waals surface area contributed by atoms with Gasteiger partial charge in [-0.15, -0.1) is 0 Å². The second-order valence-corrected chi connectivity index (χ2v) is 7.04. The van der Waals surface area contributed by atoms with Gasteiger partial charge < -0.3 is 5.11 Å². The van der Waals surface area contributed by atoms with Crippen molar-refractivity contribution in [1.29, 1.82) is 0 Å². The van der Waals surface area contributed by atoms with Crippen molar-refractivity contribution in [2.75, 3.05) is 11.5 Å². The van der Waals surface area contributed by atoms with Crippen molar-refractivity contribution in [3.63, 3.8) is 0 Å². The third-order valence-corrected chi connectivity index (χ3v) is 5.50. The fraction of sp³-hybridized carbons (Fsp3) is 1.00. The molecule has 4 heteroatoms. The number of hydrogen-bond acceptors (Lipinski definition) is 3. The molecule has 14 heavy (non-hydrogen) atoms. The zero-order valence-corrected chi connectivity index (χ0v) is 9.22. The van der Waals surface area contributed by atoms with Crippen molar-refractivity contribution >= 4 is 9.84 Å². The molecule has 0 amide bonds. The Hall–Kier alpha value is -0.0900. The predicted octanol–water partition coefficient (Wildman–Crippen LogP) is 1.12. The van der Waals surface area contributed by atoms with Gasteiger partial charge in [0.1, 0.15) is 9.84 Å². The highest BCUT2D eigenvalue weighted by Gasteiger charge is 2.41. The van der Waals surface area contributed by atoms with E-state index in [1.807, 2.05) is 0 Å². The van der Waals surface area contributed by atoms with Gasteiger partial charge in [-0.05, 0) is 31.6 Å². The van der Waals surface area contributed by atoms with Gasteiger partial charge >= 0.3 is 0 Å². The molecule has 1 N–H and O–H groups in total. The lowest BCUT2D eigenvalue weighted by Crippen LogP contribution is -2.40. The zero-order valence-electron chi connectivity index (χ0n) is 8.41. The van der Waals surface area contributed by atoms with E-state index in [1.54, 1.807) is 0 Å². The maximum atomic E-state index is 11.2. The SMILES string of the molecule is O=S1(=O)CCC(C2(O)CCCC2)CC1. The summed E-state index contributed by atoms with van der Waals surface area (Å²) in [7, 11) is -2.78. The average molecular weight is 218 g/mol. The summed E-state index contributed by atoms with van der Waals surface area (Å²) in [5.41, 5.74) is -0.532. The first-order valence-electron chi connectivity index (χ1n) is 5.45. The van der Waals surface area contributed by atoms with Crippen LogP contribution in [0, 0.1) is 5.92 Å². The Morgan fingerprint density at radius 3 is 2.07 bits per heavy atom. The molecule has 1 aliphatic carbocycles. The molecule has 2 rings (SSSR count). The van der Waals surface area contributed by atoms with Crippen LogP contribution in [-0.2, 0) is 9.84 Å². The van der Waals surface area contributed by atoms with Gasteiger partial charge in [-0.3, -0.25) is 0 Å². The van der Waals surface area contributed by atoms with Gasteiger partial charge in [0.05, 0.1) is 17.1 Å². The molecule has 0 bridgehead atoms. The molecule has 0 radical (unpaired) electrons. The van der Waals surface area contributed by atoms with Gasteiger partial charge in [-0.2, -0.15) is 0 Å². The van der Waals surface area contributed by atoms with Crippen LogP contribution in [0.5, 0.6) is 0 Å². The maximum absolute atomic E-state index is 11.2. The summed E-state index contributed by atoms with van der Waals surface area (Å²) >= 11 is 0. The first-order valence-corrected chi connectivity index (χ1v) is 7.27. The fourth-order valence-electron chi connectivity index (χ4n) is 2.82. The molecule has 1 saturated carbocycles. The van der Waals surface area contributed by atoms with Gasteiger partial charge in [0.2, 0.25) is 0 Å². The smallest absolute Gasteiger partial charge is 0.150 e. The van der Waals surface area contributed by atoms with Gasteiger partial charge in [0.15, 0.2) is 0 Å². The standard InChI is InChI=1S/C10H18O3S/c11-10(5-1-2-6-10)9-3-7-14(12,13)8-4-9/h9,11H,1-8H2. The van der Waals surface area contributed by atoms with E-state index >= 15 is 0 Å². The molecule has 0 unspecified atom stereocenters. The molecule has 82 valence electrons. The summed E-state index contributed by atoms with van der Waals surface area (Å²) < 4.78 is 22.5. The van der Waals surface area contributed by atoms with Crippen LogP contribution < -0.4 is 0 Å². The summed E-state index contributed by atoms with van der Waals surface area (Å²) in [6, 6.07) is 0. The first kappa shape index (κ1) is 10.4. The Morgan fingerprint density at radius 2 is 1.57 bits per heavy atom. The highest BCUT2D eigenvalue weighted by molar-refractivity contribution is 7.91. The Kier molecular flexibility index (Phi) is 2.60. The average Bonchev–Trinajstić information content (AvgIpc) is 2.53. The summed E-state index contributed by atoms with van der Waals surface area (Å²) in [6.45, 7) is 0. The summed E-state index contributed by atoms with van der Waals surface area (Å²) in [6.07, 6.45) is 5.27. The quantitative estimate of drug-likeness (QED) is 0.717. The predicted molar refractivity (Wildman–Crippen MR) is 54.8 cm³/mol. The van der Waals surface area contributed by atoms with Crippen LogP contribution in [0.15, 0.2) is 0 Å². The van der Waals surface area contributed by atoms with Crippen LogP contribution in [0.4, 0.5) is 0 Å². The number of sulfone groups is 1. The van der Waals surface area contributed by atoms with E-state index in [0.29, 0.717) is 12.8 Å². The Bertz CT molecular complexity index is 287. The fourth-order valence-corrected chi connectivity index (χ4v) is 4.31. The van der Waals surface area contributed by atoms with Crippen LogP contribution >= 0.6 is 0 Å². The van der Waals surface area contributed by atoms with Crippen LogP contribution in [-0.4, -0.2) is 30.6 Å². The van der Waals surface area contributed by atoms with E-state index in [9.17, 15) is 13.5 Å². The Morgan fingerprint density at radius 1 is 1.07 bits per heavy atom. The minimum Gasteiger partial charge on any atom is -0.390 e. The maximum Gasteiger partial charge on any atom is 0.150 e. The largest absolute Gasteiger partial charge is 0.390 e. The topological polar surface area (TPSA) is 54.4 Å². The molecular formula is C10H18O3S. The first-order chi connectivity index (χ1) is 6.52. The normalized spacial score (nSPS) is 31.8. The molecular weight excluding hydrogens is 200 g/mol. The van der Waals surface area contributed by atoms with E-state index in [-0.39, 0.29) is 17.4 Å². The van der Waals surface area contributed by atoms with Gasteiger partial charge in [-0.1, -0.05) is 12.8 Å². The minimum absolute atomic E-state index is 0.230. The van der Waals surface area contributed by atoms with Crippen LogP contribution in [0.2, 0.25) is 0 Å². The lowest BCUT2D eigenvalue weighted by Gasteiger charge is -2.35. The molecule has 3 nitrogen and oxygen atoms in total. The summed E-state index contributed by atoms with van der Waals surface area (Å²) in [5.74, 6) is 0.786. The van der Waals surface area contributed by atoms with Crippen molar-refractivity contribution in [1.82, 2.24) is 0 Å². The highest BCUT2D eigenvalue weighted by atomic mass is 32.2. The summed E-state index contributed by atoms with van der Waals surface area (Å²) in [4.78, 5) is 0. The van der Waals surface area contributed by atoms with E-state index < -0.39 is 15.4 Å². The van der Waals surface area contributed by atoms with E-state index in [1.165, 1.54) is 0 Å². The van der Waals surface area contributed by atoms with Crippen molar-refractivity contribution in [3.05, 3.63) is 0 Å². The zero-order chi connectivity index (χ0) is 10.2. The molecule has 0 aromatic rings. The van der Waals surface area contributed by atoms with Crippen molar-refractivity contribution in [2.45, 2.75) is 44.1 Å². The molecule has 1 heterocycles. The van der Waals surface area contributed by atoms with Crippen molar-refractivity contribution in [2.24, 2.45) is 5.92 Å².